The minimum atomic E-state index is 0.239. The topological polar surface area (TPSA) is 57.8 Å². The Labute approximate surface area is 112 Å². The maximum absolute atomic E-state index is 12.3. The van der Waals surface area contributed by atoms with Crippen LogP contribution in [0.15, 0.2) is 18.2 Å². The SMILES string of the molecule is Cc1nc2ccc(C(=O)CC3CCCNC3)cc2[nH]1. The highest BCUT2D eigenvalue weighted by Crippen LogP contribution is 2.19. The maximum atomic E-state index is 12.3. The van der Waals surface area contributed by atoms with E-state index in [1.165, 1.54) is 6.42 Å². The highest BCUT2D eigenvalue weighted by molar-refractivity contribution is 5.99. The largest absolute Gasteiger partial charge is 0.342 e. The average Bonchev–Trinajstić information content (AvgIpc) is 2.78. The second kappa shape index (κ2) is 5.13. The third-order valence-corrected chi connectivity index (χ3v) is 3.80. The Morgan fingerprint density at radius 2 is 2.37 bits per heavy atom. The van der Waals surface area contributed by atoms with Crippen LogP contribution in [0.1, 0.15) is 35.4 Å². The van der Waals surface area contributed by atoms with Crippen LogP contribution in [0, 0.1) is 12.8 Å². The van der Waals surface area contributed by atoms with Gasteiger partial charge >= 0.3 is 0 Å². The van der Waals surface area contributed by atoms with Gasteiger partial charge in [0.1, 0.15) is 5.82 Å². The van der Waals surface area contributed by atoms with Crippen LogP contribution in [0.25, 0.3) is 11.0 Å². The van der Waals surface area contributed by atoms with Gasteiger partial charge in [-0.05, 0) is 57.0 Å². The fourth-order valence-electron chi connectivity index (χ4n) is 2.79. The molecule has 2 aromatic rings. The van der Waals surface area contributed by atoms with Gasteiger partial charge in [0.05, 0.1) is 11.0 Å². The molecule has 4 heteroatoms. The van der Waals surface area contributed by atoms with Crippen LogP contribution >= 0.6 is 0 Å². The number of imidazole rings is 1. The normalized spacial score (nSPS) is 19.7. The number of carbonyl (C=O) groups is 1. The molecule has 1 aromatic heterocycles. The summed E-state index contributed by atoms with van der Waals surface area (Å²) < 4.78 is 0. The van der Waals surface area contributed by atoms with Gasteiger partial charge in [0, 0.05) is 12.0 Å². The Hall–Kier alpha value is -1.68. The summed E-state index contributed by atoms with van der Waals surface area (Å²) in [6, 6.07) is 5.74. The number of piperidine rings is 1. The Morgan fingerprint density at radius 1 is 1.47 bits per heavy atom. The first-order valence-corrected chi connectivity index (χ1v) is 6.92. The summed E-state index contributed by atoms with van der Waals surface area (Å²) >= 11 is 0. The zero-order chi connectivity index (χ0) is 13.2. The summed E-state index contributed by atoms with van der Waals surface area (Å²) in [5, 5.41) is 3.36. The van der Waals surface area contributed by atoms with Crippen molar-refractivity contribution in [1.29, 1.82) is 0 Å². The monoisotopic (exact) mass is 257 g/mol. The first-order valence-electron chi connectivity index (χ1n) is 6.92. The molecule has 1 saturated heterocycles. The lowest BCUT2D eigenvalue weighted by atomic mass is 9.92. The van der Waals surface area contributed by atoms with Crippen molar-refractivity contribution in [1.82, 2.24) is 15.3 Å². The van der Waals surface area contributed by atoms with Gasteiger partial charge < -0.3 is 10.3 Å². The molecule has 2 heterocycles. The van der Waals surface area contributed by atoms with Crippen molar-refractivity contribution in [2.45, 2.75) is 26.2 Å². The molecule has 0 radical (unpaired) electrons. The van der Waals surface area contributed by atoms with E-state index in [-0.39, 0.29) is 5.78 Å². The van der Waals surface area contributed by atoms with Crippen LogP contribution in [0.3, 0.4) is 0 Å². The summed E-state index contributed by atoms with van der Waals surface area (Å²) in [6.45, 7) is 3.98. The van der Waals surface area contributed by atoms with Crippen LogP contribution in [-0.4, -0.2) is 28.8 Å². The Balaban J connectivity index is 1.76. The molecule has 1 atom stereocenters. The lowest BCUT2D eigenvalue weighted by Gasteiger charge is -2.21. The number of aromatic nitrogens is 2. The van der Waals surface area contributed by atoms with E-state index < -0.39 is 0 Å². The van der Waals surface area contributed by atoms with Gasteiger partial charge in [-0.25, -0.2) is 4.98 Å². The second-order valence-corrected chi connectivity index (χ2v) is 5.39. The summed E-state index contributed by atoms with van der Waals surface area (Å²) in [5.41, 5.74) is 2.67. The summed E-state index contributed by atoms with van der Waals surface area (Å²) in [5.74, 6) is 1.61. The van der Waals surface area contributed by atoms with E-state index in [1.807, 2.05) is 25.1 Å². The summed E-state index contributed by atoms with van der Waals surface area (Å²) in [7, 11) is 0. The zero-order valence-electron chi connectivity index (χ0n) is 11.2. The molecule has 3 rings (SSSR count). The third-order valence-electron chi connectivity index (χ3n) is 3.80. The molecule has 1 aliphatic heterocycles. The molecule has 1 aliphatic rings. The van der Waals surface area contributed by atoms with Crippen molar-refractivity contribution in [3.05, 3.63) is 29.6 Å². The molecule has 1 aromatic carbocycles. The number of ketones is 1. The predicted molar refractivity (Wildman–Crippen MR) is 75.4 cm³/mol. The second-order valence-electron chi connectivity index (χ2n) is 5.39. The molecule has 19 heavy (non-hydrogen) atoms. The molecule has 0 spiro atoms. The molecule has 0 saturated carbocycles. The van der Waals surface area contributed by atoms with Crippen LogP contribution in [0.2, 0.25) is 0 Å². The molecular formula is C15H19N3O. The number of hydrogen-bond donors (Lipinski definition) is 2. The number of hydrogen-bond acceptors (Lipinski definition) is 3. The Bertz CT molecular complexity index is 596. The fraction of sp³-hybridized carbons (Fsp3) is 0.467. The smallest absolute Gasteiger partial charge is 0.163 e. The zero-order valence-corrected chi connectivity index (χ0v) is 11.2. The van der Waals surface area contributed by atoms with Crippen molar-refractivity contribution in [3.63, 3.8) is 0 Å². The van der Waals surface area contributed by atoms with Gasteiger partial charge in [0.2, 0.25) is 0 Å². The van der Waals surface area contributed by atoms with Gasteiger partial charge in [0.25, 0.3) is 0 Å². The van der Waals surface area contributed by atoms with Crippen LogP contribution in [-0.2, 0) is 0 Å². The van der Waals surface area contributed by atoms with Crippen LogP contribution in [0.5, 0.6) is 0 Å². The number of rotatable bonds is 3. The number of nitrogens with one attached hydrogen (secondary N) is 2. The standard InChI is InChI=1S/C15H19N3O/c1-10-17-13-5-4-12(8-14(13)18-10)15(19)7-11-3-2-6-16-9-11/h4-5,8,11,16H,2-3,6-7,9H2,1H3,(H,17,18). The Kier molecular flexibility index (Phi) is 3.34. The third kappa shape index (κ3) is 2.68. The van der Waals surface area contributed by atoms with E-state index >= 15 is 0 Å². The van der Waals surface area contributed by atoms with E-state index in [1.54, 1.807) is 0 Å². The Morgan fingerprint density at radius 3 is 3.16 bits per heavy atom. The number of fused-ring (bicyclic) bond motifs is 1. The van der Waals surface area contributed by atoms with E-state index in [4.69, 9.17) is 0 Å². The minimum absolute atomic E-state index is 0.239. The molecule has 100 valence electrons. The highest BCUT2D eigenvalue weighted by Gasteiger charge is 2.18. The van der Waals surface area contributed by atoms with Crippen molar-refractivity contribution >= 4 is 16.8 Å². The molecule has 1 fully saturated rings. The molecule has 4 nitrogen and oxygen atoms in total. The van der Waals surface area contributed by atoms with Crippen molar-refractivity contribution < 1.29 is 4.79 Å². The van der Waals surface area contributed by atoms with Crippen molar-refractivity contribution in [2.75, 3.05) is 13.1 Å². The molecule has 1 unspecified atom stereocenters. The van der Waals surface area contributed by atoms with E-state index in [0.717, 1.165) is 41.9 Å². The fourth-order valence-corrected chi connectivity index (χ4v) is 2.79. The molecule has 0 amide bonds. The van der Waals surface area contributed by atoms with E-state index in [0.29, 0.717) is 12.3 Å². The van der Waals surface area contributed by atoms with E-state index in [2.05, 4.69) is 15.3 Å². The first-order chi connectivity index (χ1) is 9.22. The number of aromatic amines is 1. The van der Waals surface area contributed by atoms with Gasteiger partial charge in [0.15, 0.2) is 5.78 Å². The molecule has 0 aliphatic carbocycles. The minimum Gasteiger partial charge on any atom is -0.342 e. The molecule has 0 bridgehead atoms. The maximum Gasteiger partial charge on any atom is 0.163 e. The van der Waals surface area contributed by atoms with E-state index in [9.17, 15) is 4.79 Å². The van der Waals surface area contributed by atoms with Gasteiger partial charge in [-0.3, -0.25) is 4.79 Å². The molecular weight excluding hydrogens is 238 g/mol. The average molecular weight is 257 g/mol. The van der Waals surface area contributed by atoms with Crippen LogP contribution in [0.4, 0.5) is 0 Å². The number of benzene rings is 1. The summed E-state index contributed by atoms with van der Waals surface area (Å²) in [4.78, 5) is 19.8. The quantitative estimate of drug-likeness (QED) is 0.830. The van der Waals surface area contributed by atoms with Gasteiger partial charge in [-0.1, -0.05) is 0 Å². The van der Waals surface area contributed by atoms with Crippen molar-refractivity contribution in [2.24, 2.45) is 5.92 Å². The summed E-state index contributed by atoms with van der Waals surface area (Å²) in [6.07, 6.45) is 2.98. The first kappa shape index (κ1) is 12.4. The number of carbonyl (C=O) groups excluding carboxylic acids is 1. The number of H-pyrrole nitrogens is 1. The highest BCUT2D eigenvalue weighted by atomic mass is 16.1. The van der Waals surface area contributed by atoms with Gasteiger partial charge in [-0.15, -0.1) is 0 Å². The van der Waals surface area contributed by atoms with Crippen LogP contribution < -0.4 is 5.32 Å². The lowest BCUT2D eigenvalue weighted by Crippen LogP contribution is -2.31. The van der Waals surface area contributed by atoms with Gasteiger partial charge in [-0.2, -0.15) is 0 Å². The predicted octanol–water partition coefficient (Wildman–Crippen LogP) is 2.44. The number of nitrogens with zero attached hydrogens (tertiary/aromatic N) is 1. The van der Waals surface area contributed by atoms with Crippen molar-refractivity contribution in [3.8, 4) is 0 Å². The number of Topliss-reactive ketones (excluding diaryl/α,β-unsaturated/α-hetero) is 1. The lowest BCUT2D eigenvalue weighted by molar-refractivity contribution is 0.0954. The number of aryl methyl sites for hydroxylation is 1. The molecule has 2 N–H and O–H groups in total.